The molecule has 1 saturated heterocycles. The van der Waals surface area contributed by atoms with Crippen molar-refractivity contribution in [2.24, 2.45) is 0 Å². The fraction of sp³-hybridized carbons (Fsp3) is 0.500. The van der Waals surface area contributed by atoms with Crippen LogP contribution in [0.25, 0.3) is 0 Å². The molecule has 5 nitrogen and oxygen atoms in total. The number of nitrogens with zero attached hydrogens (tertiary/aromatic N) is 1. The summed E-state index contributed by atoms with van der Waals surface area (Å²) in [6, 6.07) is 5.78. The second-order valence-corrected chi connectivity index (χ2v) is 6.95. The highest BCUT2D eigenvalue weighted by Crippen LogP contribution is 2.32. The summed E-state index contributed by atoms with van der Waals surface area (Å²) in [5, 5.41) is 6.58. The molecule has 1 atom stereocenters. The second-order valence-electron chi connectivity index (χ2n) is 6.06. The van der Waals surface area contributed by atoms with Crippen molar-refractivity contribution < 1.29 is 14.2 Å². The zero-order valence-corrected chi connectivity index (χ0v) is 15.2. The molecule has 0 spiro atoms. The highest BCUT2D eigenvalue weighted by molar-refractivity contribution is 7.09. The third-order valence-electron chi connectivity index (χ3n) is 3.78. The van der Waals surface area contributed by atoms with Crippen molar-refractivity contribution >= 4 is 17.0 Å². The van der Waals surface area contributed by atoms with Crippen LogP contribution in [0.15, 0.2) is 23.6 Å². The van der Waals surface area contributed by atoms with Crippen LogP contribution < -0.4 is 14.8 Å². The summed E-state index contributed by atoms with van der Waals surface area (Å²) in [5.74, 6) is 1.62. The largest absolute Gasteiger partial charge is 0.497 e. The van der Waals surface area contributed by atoms with Gasteiger partial charge in [-0.05, 0) is 38.8 Å². The van der Waals surface area contributed by atoms with Crippen molar-refractivity contribution in [2.45, 2.75) is 45.4 Å². The summed E-state index contributed by atoms with van der Waals surface area (Å²) in [7, 11) is 1.66. The molecule has 1 unspecified atom stereocenters. The van der Waals surface area contributed by atoms with Gasteiger partial charge in [-0.25, -0.2) is 4.98 Å². The Hall–Kier alpha value is -1.79. The van der Waals surface area contributed by atoms with Crippen LogP contribution in [0.1, 0.15) is 43.5 Å². The third kappa shape index (κ3) is 4.19. The van der Waals surface area contributed by atoms with Crippen LogP contribution in [-0.4, -0.2) is 24.8 Å². The number of anilines is 1. The van der Waals surface area contributed by atoms with Gasteiger partial charge in [-0.15, -0.1) is 11.3 Å². The number of benzene rings is 1. The van der Waals surface area contributed by atoms with Gasteiger partial charge in [0, 0.05) is 18.1 Å². The quantitative estimate of drug-likeness (QED) is 0.803. The summed E-state index contributed by atoms with van der Waals surface area (Å²) in [6.07, 6.45) is 2.49. The molecule has 3 rings (SSSR count). The number of rotatable bonds is 7. The lowest BCUT2D eigenvalue weighted by molar-refractivity contribution is 0.111. The highest BCUT2D eigenvalue weighted by atomic mass is 32.1. The Kier molecular flexibility index (Phi) is 5.58. The van der Waals surface area contributed by atoms with Gasteiger partial charge in [0.25, 0.3) is 0 Å². The average molecular weight is 348 g/mol. The smallest absolute Gasteiger partial charge is 0.143 e. The van der Waals surface area contributed by atoms with Crippen molar-refractivity contribution in [3.05, 3.63) is 34.3 Å². The van der Waals surface area contributed by atoms with E-state index >= 15 is 0 Å². The first-order chi connectivity index (χ1) is 11.7. The molecule has 24 heavy (non-hydrogen) atoms. The van der Waals surface area contributed by atoms with E-state index < -0.39 is 0 Å². The third-order valence-corrected chi connectivity index (χ3v) is 4.77. The molecule has 1 aliphatic heterocycles. The molecule has 0 amide bonds. The Morgan fingerprint density at radius 1 is 1.42 bits per heavy atom. The SMILES string of the molecule is COc1ccc(OC(C)C)c(NCc2csc(C3CCCO3)n2)c1. The first-order valence-electron chi connectivity index (χ1n) is 8.30. The van der Waals surface area contributed by atoms with Gasteiger partial charge in [-0.1, -0.05) is 0 Å². The molecular formula is C18H24N2O3S. The number of aromatic nitrogens is 1. The number of ether oxygens (including phenoxy) is 3. The highest BCUT2D eigenvalue weighted by Gasteiger charge is 2.20. The molecule has 1 aromatic carbocycles. The van der Waals surface area contributed by atoms with Crippen molar-refractivity contribution in [1.82, 2.24) is 4.98 Å². The number of hydrogen-bond donors (Lipinski definition) is 1. The summed E-state index contributed by atoms with van der Waals surface area (Å²) >= 11 is 1.67. The Labute approximate surface area is 147 Å². The normalized spacial score (nSPS) is 17.2. The van der Waals surface area contributed by atoms with Crippen LogP contribution in [0, 0.1) is 0 Å². The molecule has 1 aromatic heterocycles. The van der Waals surface area contributed by atoms with Gasteiger partial charge in [-0.3, -0.25) is 0 Å². The second kappa shape index (κ2) is 7.85. The summed E-state index contributed by atoms with van der Waals surface area (Å²) in [5.41, 5.74) is 1.93. The molecule has 2 heterocycles. The Bertz CT molecular complexity index is 666. The van der Waals surface area contributed by atoms with E-state index in [1.54, 1.807) is 18.4 Å². The number of thiazole rings is 1. The van der Waals surface area contributed by atoms with E-state index in [0.717, 1.165) is 47.3 Å². The van der Waals surface area contributed by atoms with Crippen molar-refractivity contribution in [2.75, 3.05) is 19.0 Å². The van der Waals surface area contributed by atoms with Gasteiger partial charge in [-0.2, -0.15) is 0 Å². The van der Waals surface area contributed by atoms with Crippen LogP contribution in [0.5, 0.6) is 11.5 Å². The van der Waals surface area contributed by atoms with E-state index in [4.69, 9.17) is 19.2 Å². The summed E-state index contributed by atoms with van der Waals surface area (Å²) in [6.45, 7) is 5.52. The van der Waals surface area contributed by atoms with E-state index in [1.807, 2.05) is 32.0 Å². The fourth-order valence-electron chi connectivity index (χ4n) is 2.64. The molecule has 6 heteroatoms. The number of nitrogens with one attached hydrogen (secondary N) is 1. The molecule has 2 aromatic rings. The van der Waals surface area contributed by atoms with Crippen LogP contribution in [-0.2, 0) is 11.3 Å². The van der Waals surface area contributed by atoms with Gasteiger partial charge in [0.15, 0.2) is 0 Å². The minimum absolute atomic E-state index is 0.115. The Balaban J connectivity index is 1.68. The first kappa shape index (κ1) is 17.0. The van der Waals surface area contributed by atoms with E-state index in [2.05, 4.69) is 10.7 Å². The minimum Gasteiger partial charge on any atom is -0.497 e. The van der Waals surface area contributed by atoms with Gasteiger partial charge < -0.3 is 19.5 Å². The molecule has 1 aliphatic rings. The van der Waals surface area contributed by atoms with Gasteiger partial charge in [0.2, 0.25) is 0 Å². The van der Waals surface area contributed by atoms with E-state index in [-0.39, 0.29) is 12.2 Å². The summed E-state index contributed by atoms with van der Waals surface area (Å²) in [4.78, 5) is 4.70. The standard InChI is InChI=1S/C18H24N2O3S/c1-12(2)23-16-7-6-14(21-3)9-15(16)19-10-13-11-24-18(20-13)17-5-4-8-22-17/h6-7,9,11-12,17,19H,4-5,8,10H2,1-3H3. The lowest BCUT2D eigenvalue weighted by atomic mass is 10.2. The van der Waals surface area contributed by atoms with Crippen LogP contribution >= 0.6 is 11.3 Å². The predicted octanol–water partition coefficient (Wildman–Crippen LogP) is 4.40. The molecule has 0 radical (unpaired) electrons. The maximum absolute atomic E-state index is 5.86. The van der Waals surface area contributed by atoms with E-state index in [1.165, 1.54) is 0 Å². The summed E-state index contributed by atoms with van der Waals surface area (Å²) < 4.78 is 16.9. The lowest BCUT2D eigenvalue weighted by Gasteiger charge is -2.16. The maximum atomic E-state index is 5.86. The van der Waals surface area contributed by atoms with E-state index in [0.29, 0.717) is 6.54 Å². The topological polar surface area (TPSA) is 52.6 Å². The van der Waals surface area contributed by atoms with Crippen molar-refractivity contribution in [1.29, 1.82) is 0 Å². The van der Waals surface area contributed by atoms with Crippen LogP contribution in [0.3, 0.4) is 0 Å². The van der Waals surface area contributed by atoms with Gasteiger partial charge in [0.1, 0.15) is 22.6 Å². The average Bonchev–Trinajstić information content (AvgIpc) is 3.24. The van der Waals surface area contributed by atoms with Gasteiger partial charge in [0.05, 0.1) is 31.1 Å². The monoisotopic (exact) mass is 348 g/mol. The molecule has 0 aliphatic carbocycles. The van der Waals surface area contributed by atoms with Crippen LogP contribution in [0.4, 0.5) is 5.69 Å². The number of methoxy groups -OCH3 is 1. The predicted molar refractivity (Wildman–Crippen MR) is 96.1 cm³/mol. The van der Waals surface area contributed by atoms with Crippen molar-refractivity contribution in [3.8, 4) is 11.5 Å². The molecule has 1 N–H and O–H groups in total. The maximum Gasteiger partial charge on any atom is 0.143 e. The Morgan fingerprint density at radius 3 is 3.00 bits per heavy atom. The van der Waals surface area contributed by atoms with Crippen LogP contribution in [0.2, 0.25) is 0 Å². The fourth-order valence-corrected chi connectivity index (χ4v) is 3.54. The minimum atomic E-state index is 0.115. The molecule has 130 valence electrons. The van der Waals surface area contributed by atoms with E-state index in [9.17, 15) is 0 Å². The molecule has 0 saturated carbocycles. The first-order valence-corrected chi connectivity index (χ1v) is 9.18. The molecule has 0 bridgehead atoms. The van der Waals surface area contributed by atoms with Crippen molar-refractivity contribution in [3.63, 3.8) is 0 Å². The zero-order chi connectivity index (χ0) is 16.9. The number of hydrogen-bond acceptors (Lipinski definition) is 6. The van der Waals surface area contributed by atoms with Gasteiger partial charge >= 0.3 is 0 Å². The molecular weight excluding hydrogens is 324 g/mol. The lowest BCUT2D eigenvalue weighted by Crippen LogP contribution is -2.09. The molecule has 1 fully saturated rings. The Morgan fingerprint density at radius 2 is 2.29 bits per heavy atom. The zero-order valence-electron chi connectivity index (χ0n) is 14.4.